The average Bonchev–Trinajstić information content (AvgIpc) is 2.64. The summed E-state index contributed by atoms with van der Waals surface area (Å²) in [5, 5.41) is 5.39. The van der Waals surface area contributed by atoms with E-state index in [1.165, 1.54) is 6.92 Å². The number of rotatable bonds is 6. The van der Waals surface area contributed by atoms with Crippen LogP contribution >= 0.6 is 0 Å². The van der Waals surface area contributed by atoms with Crippen LogP contribution in [0.3, 0.4) is 0 Å². The minimum atomic E-state index is -0.638. The lowest BCUT2D eigenvalue weighted by Gasteiger charge is -2.60. The Morgan fingerprint density at radius 3 is 2.30 bits per heavy atom. The summed E-state index contributed by atoms with van der Waals surface area (Å²) in [6.07, 6.45) is 5.06. The summed E-state index contributed by atoms with van der Waals surface area (Å²) >= 11 is 0. The van der Waals surface area contributed by atoms with Crippen LogP contribution in [0.15, 0.2) is 30.3 Å². The van der Waals surface area contributed by atoms with Crippen molar-refractivity contribution in [1.29, 1.82) is 0 Å². The van der Waals surface area contributed by atoms with E-state index in [2.05, 4.69) is 10.6 Å². The van der Waals surface area contributed by atoms with Gasteiger partial charge in [-0.3, -0.25) is 24.5 Å². The molecular weight excluding hydrogens is 384 g/mol. The maximum absolute atomic E-state index is 13.0. The third-order valence-electron chi connectivity index (χ3n) is 6.76. The Labute approximate surface area is 175 Å². The van der Waals surface area contributed by atoms with E-state index in [1.807, 2.05) is 30.3 Å². The molecule has 4 aliphatic carbocycles. The lowest BCUT2D eigenvalue weighted by molar-refractivity contribution is -0.177. The van der Waals surface area contributed by atoms with Crippen molar-refractivity contribution in [1.82, 2.24) is 10.6 Å². The predicted octanol–water partition coefficient (Wildman–Crippen LogP) is 1.89. The maximum Gasteiger partial charge on any atom is 0.312 e. The van der Waals surface area contributed by atoms with Gasteiger partial charge in [-0.2, -0.15) is 0 Å². The molecule has 0 spiro atoms. The SMILES string of the molecule is CC(=O)NC12CC3CC(C1)CC(C(=O)OCC(=O)NC(=O)Cc1ccccc1)(C3)C2. The third kappa shape index (κ3) is 4.25. The number of hydrogen-bond acceptors (Lipinski definition) is 5. The molecule has 2 unspecified atom stereocenters. The molecule has 160 valence electrons. The summed E-state index contributed by atoms with van der Waals surface area (Å²) in [5.74, 6) is -0.708. The largest absolute Gasteiger partial charge is 0.455 e. The van der Waals surface area contributed by atoms with Crippen LogP contribution in [0.5, 0.6) is 0 Å². The van der Waals surface area contributed by atoms with Gasteiger partial charge in [0.25, 0.3) is 5.91 Å². The van der Waals surface area contributed by atoms with E-state index in [0.29, 0.717) is 18.3 Å². The van der Waals surface area contributed by atoms with Crippen LogP contribution in [0.25, 0.3) is 0 Å². The fourth-order valence-corrected chi connectivity index (χ4v) is 6.32. The molecule has 3 amide bonds. The average molecular weight is 412 g/mol. The van der Waals surface area contributed by atoms with Crippen molar-refractivity contribution in [3.05, 3.63) is 35.9 Å². The first-order chi connectivity index (χ1) is 14.3. The smallest absolute Gasteiger partial charge is 0.312 e. The Hall–Kier alpha value is -2.70. The summed E-state index contributed by atoms with van der Waals surface area (Å²) in [7, 11) is 0. The number of ether oxygens (including phenoxy) is 1. The second kappa shape index (κ2) is 7.85. The Kier molecular flexibility index (Phi) is 5.38. The van der Waals surface area contributed by atoms with Gasteiger partial charge in [-0.15, -0.1) is 0 Å². The zero-order valence-electron chi connectivity index (χ0n) is 17.2. The summed E-state index contributed by atoms with van der Waals surface area (Å²) in [4.78, 5) is 48.9. The Morgan fingerprint density at radius 1 is 1.00 bits per heavy atom. The first-order valence-corrected chi connectivity index (χ1v) is 10.6. The van der Waals surface area contributed by atoms with Gasteiger partial charge in [-0.1, -0.05) is 30.3 Å². The monoisotopic (exact) mass is 412 g/mol. The highest BCUT2D eigenvalue weighted by atomic mass is 16.5. The van der Waals surface area contributed by atoms with Gasteiger partial charge in [0.15, 0.2) is 6.61 Å². The van der Waals surface area contributed by atoms with Crippen LogP contribution in [0.2, 0.25) is 0 Å². The number of carbonyl (C=O) groups excluding carboxylic acids is 4. The highest BCUT2D eigenvalue weighted by Crippen LogP contribution is 2.62. The second-order valence-electron chi connectivity index (χ2n) is 9.41. The van der Waals surface area contributed by atoms with Crippen molar-refractivity contribution in [2.24, 2.45) is 17.3 Å². The van der Waals surface area contributed by atoms with E-state index >= 15 is 0 Å². The number of hydrogen-bond donors (Lipinski definition) is 2. The minimum Gasteiger partial charge on any atom is -0.455 e. The van der Waals surface area contributed by atoms with Gasteiger partial charge < -0.3 is 10.1 Å². The van der Waals surface area contributed by atoms with Crippen molar-refractivity contribution in [3.8, 4) is 0 Å². The molecule has 30 heavy (non-hydrogen) atoms. The Balaban J connectivity index is 1.33. The molecule has 2 atom stereocenters. The quantitative estimate of drug-likeness (QED) is 0.695. The molecule has 1 aromatic rings. The first kappa shape index (κ1) is 20.6. The summed E-state index contributed by atoms with van der Waals surface area (Å²) in [5.41, 5.74) is -0.166. The molecule has 0 aliphatic heterocycles. The molecule has 4 bridgehead atoms. The maximum atomic E-state index is 13.0. The van der Waals surface area contributed by atoms with Gasteiger partial charge in [-0.25, -0.2) is 0 Å². The highest BCUT2D eigenvalue weighted by molar-refractivity contribution is 5.97. The van der Waals surface area contributed by atoms with E-state index in [0.717, 1.165) is 37.7 Å². The minimum absolute atomic E-state index is 0.0724. The van der Waals surface area contributed by atoms with Crippen LogP contribution < -0.4 is 10.6 Å². The van der Waals surface area contributed by atoms with Crippen molar-refractivity contribution in [2.45, 2.75) is 57.4 Å². The van der Waals surface area contributed by atoms with Gasteiger partial charge in [0, 0.05) is 12.5 Å². The van der Waals surface area contributed by atoms with E-state index in [9.17, 15) is 19.2 Å². The van der Waals surface area contributed by atoms with E-state index in [4.69, 9.17) is 4.74 Å². The lowest BCUT2D eigenvalue weighted by Crippen LogP contribution is -2.64. The molecule has 0 aromatic heterocycles. The van der Waals surface area contributed by atoms with Crippen molar-refractivity contribution >= 4 is 23.7 Å². The van der Waals surface area contributed by atoms with Crippen molar-refractivity contribution in [3.63, 3.8) is 0 Å². The molecule has 2 N–H and O–H groups in total. The lowest BCUT2D eigenvalue weighted by atomic mass is 9.47. The summed E-state index contributed by atoms with van der Waals surface area (Å²) in [6.45, 7) is 1.05. The number of carbonyl (C=O) groups is 4. The zero-order valence-corrected chi connectivity index (χ0v) is 17.2. The van der Waals surface area contributed by atoms with Crippen LogP contribution in [-0.2, 0) is 30.3 Å². The van der Waals surface area contributed by atoms with Crippen molar-refractivity contribution < 1.29 is 23.9 Å². The number of amides is 3. The van der Waals surface area contributed by atoms with Gasteiger partial charge in [0.1, 0.15) is 0 Å². The number of esters is 1. The molecule has 7 nitrogen and oxygen atoms in total. The Morgan fingerprint density at radius 2 is 1.67 bits per heavy atom. The molecule has 5 rings (SSSR count). The summed E-state index contributed by atoms with van der Waals surface area (Å²) in [6, 6.07) is 9.12. The first-order valence-electron chi connectivity index (χ1n) is 10.6. The van der Waals surface area contributed by atoms with E-state index < -0.39 is 23.8 Å². The predicted molar refractivity (Wildman–Crippen MR) is 108 cm³/mol. The third-order valence-corrected chi connectivity index (χ3v) is 6.76. The van der Waals surface area contributed by atoms with Crippen LogP contribution in [0, 0.1) is 17.3 Å². The fourth-order valence-electron chi connectivity index (χ4n) is 6.32. The molecule has 7 heteroatoms. The molecule has 1 aromatic carbocycles. The topological polar surface area (TPSA) is 102 Å². The number of benzene rings is 1. The van der Waals surface area contributed by atoms with Crippen LogP contribution in [-0.4, -0.2) is 35.8 Å². The van der Waals surface area contributed by atoms with Gasteiger partial charge in [0.2, 0.25) is 11.8 Å². The summed E-state index contributed by atoms with van der Waals surface area (Å²) < 4.78 is 5.37. The molecule has 4 saturated carbocycles. The molecule has 0 heterocycles. The van der Waals surface area contributed by atoms with E-state index in [-0.39, 0.29) is 23.8 Å². The normalized spacial score (nSPS) is 31.1. The van der Waals surface area contributed by atoms with Gasteiger partial charge >= 0.3 is 5.97 Å². The molecule has 4 fully saturated rings. The molecule has 4 aliphatic rings. The van der Waals surface area contributed by atoms with Crippen molar-refractivity contribution in [2.75, 3.05) is 6.61 Å². The van der Waals surface area contributed by atoms with Gasteiger partial charge in [0.05, 0.1) is 11.8 Å². The molecule has 0 saturated heterocycles. The van der Waals surface area contributed by atoms with Crippen LogP contribution in [0.1, 0.15) is 51.0 Å². The van der Waals surface area contributed by atoms with E-state index in [1.54, 1.807) is 0 Å². The Bertz CT molecular complexity index is 852. The fraction of sp³-hybridized carbons (Fsp3) is 0.565. The molecular formula is C23H28N2O5. The second-order valence-corrected chi connectivity index (χ2v) is 9.41. The number of imide groups is 1. The standard InChI is InChI=1S/C23H28N2O5/c1-15(26)25-23-11-17-7-18(12-23)10-22(9-17,14-23)21(29)30-13-20(28)24-19(27)8-16-5-3-2-4-6-16/h2-6,17-18H,7-14H2,1H3,(H,25,26)(H,24,27,28). The van der Waals surface area contributed by atoms with Gasteiger partial charge in [-0.05, 0) is 55.9 Å². The van der Waals surface area contributed by atoms with Crippen LogP contribution in [0.4, 0.5) is 0 Å². The number of nitrogens with one attached hydrogen (secondary N) is 2. The highest BCUT2D eigenvalue weighted by Gasteiger charge is 2.61. The molecule has 0 radical (unpaired) electrons. The zero-order chi connectivity index (χ0) is 21.4.